The molecule has 1 saturated carbocycles. The van der Waals surface area contributed by atoms with E-state index in [1.165, 1.54) is 6.42 Å². The maximum atomic E-state index is 13.2. The number of carbonyl (C=O) groups excluding carboxylic acids is 1. The zero-order chi connectivity index (χ0) is 17.6. The molecule has 25 heavy (non-hydrogen) atoms. The van der Waals surface area contributed by atoms with E-state index < -0.39 is 0 Å². The van der Waals surface area contributed by atoms with Crippen molar-refractivity contribution in [2.24, 2.45) is 5.92 Å². The molecule has 1 aliphatic carbocycles. The molecular formula is C21H25NO3. The Morgan fingerprint density at radius 2 is 1.68 bits per heavy atom. The van der Waals surface area contributed by atoms with Gasteiger partial charge in [0.2, 0.25) is 5.91 Å². The summed E-state index contributed by atoms with van der Waals surface area (Å²) in [6, 6.07) is 14.7. The number of ether oxygens (including phenoxy) is 1. The molecule has 0 bridgehead atoms. The van der Waals surface area contributed by atoms with Crippen LogP contribution < -0.4 is 9.64 Å². The highest BCUT2D eigenvalue weighted by Gasteiger charge is 2.27. The Morgan fingerprint density at radius 1 is 1.04 bits per heavy atom. The molecule has 3 rings (SSSR count). The molecule has 1 N–H and O–H groups in total. The summed E-state index contributed by atoms with van der Waals surface area (Å²) < 4.78 is 5.23. The van der Waals surface area contributed by atoms with E-state index in [9.17, 15) is 9.90 Å². The highest BCUT2D eigenvalue weighted by atomic mass is 16.5. The Balaban J connectivity index is 1.85. The first-order valence-electron chi connectivity index (χ1n) is 8.91. The van der Waals surface area contributed by atoms with Gasteiger partial charge in [0.1, 0.15) is 11.5 Å². The minimum absolute atomic E-state index is 0.105. The Labute approximate surface area is 149 Å². The number of aromatic hydroxyl groups is 1. The standard InChI is InChI=1S/C21H25NO3/c1-25-20-13-9-18(10-14-20)22(15-16-7-11-19(23)12-8-16)21(24)17-5-3-2-4-6-17/h7-14,17,23H,2-6,15H2,1H3. The number of hydrogen-bond acceptors (Lipinski definition) is 3. The van der Waals surface area contributed by atoms with Crippen LogP contribution in [0.15, 0.2) is 48.5 Å². The van der Waals surface area contributed by atoms with E-state index in [4.69, 9.17) is 4.74 Å². The summed E-state index contributed by atoms with van der Waals surface area (Å²) in [4.78, 5) is 15.0. The predicted octanol–water partition coefficient (Wildman–Crippen LogP) is 4.51. The van der Waals surface area contributed by atoms with Crippen LogP contribution in [0.1, 0.15) is 37.7 Å². The number of anilines is 1. The van der Waals surface area contributed by atoms with Gasteiger partial charge < -0.3 is 14.7 Å². The third-order valence-corrected chi connectivity index (χ3v) is 4.88. The number of carbonyl (C=O) groups is 1. The molecule has 132 valence electrons. The van der Waals surface area contributed by atoms with Crippen LogP contribution in [0, 0.1) is 5.92 Å². The SMILES string of the molecule is COc1ccc(N(Cc2ccc(O)cc2)C(=O)C2CCCCC2)cc1. The van der Waals surface area contributed by atoms with Gasteiger partial charge in [-0.25, -0.2) is 0 Å². The number of methoxy groups -OCH3 is 1. The van der Waals surface area contributed by atoms with E-state index in [0.29, 0.717) is 6.54 Å². The molecule has 0 heterocycles. The van der Waals surface area contributed by atoms with Crippen molar-refractivity contribution >= 4 is 11.6 Å². The molecule has 2 aromatic carbocycles. The zero-order valence-electron chi connectivity index (χ0n) is 14.6. The Hall–Kier alpha value is -2.49. The van der Waals surface area contributed by atoms with Crippen molar-refractivity contribution < 1.29 is 14.6 Å². The average Bonchev–Trinajstić information content (AvgIpc) is 2.68. The van der Waals surface area contributed by atoms with Crippen molar-refractivity contribution in [3.05, 3.63) is 54.1 Å². The van der Waals surface area contributed by atoms with E-state index in [2.05, 4.69) is 0 Å². The third-order valence-electron chi connectivity index (χ3n) is 4.88. The lowest BCUT2D eigenvalue weighted by Gasteiger charge is -2.29. The third kappa shape index (κ3) is 4.32. The number of phenolic OH excluding ortho intramolecular Hbond substituents is 1. The minimum Gasteiger partial charge on any atom is -0.508 e. The molecule has 4 heteroatoms. The fraction of sp³-hybridized carbons (Fsp3) is 0.381. The van der Waals surface area contributed by atoms with E-state index >= 15 is 0 Å². The van der Waals surface area contributed by atoms with Crippen molar-refractivity contribution in [3.63, 3.8) is 0 Å². The molecule has 1 aliphatic rings. The van der Waals surface area contributed by atoms with Crippen LogP contribution in [0.3, 0.4) is 0 Å². The maximum Gasteiger partial charge on any atom is 0.230 e. The van der Waals surface area contributed by atoms with Gasteiger partial charge in [-0.2, -0.15) is 0 Å². The Kier molecular flexibility index (Phi) is 5.59. The summed E-state index contributed by atoms with van der Waals surface area (Å²) in [7, 11) is 1.64. The summed E-state index contributed by atoms with van der Waals surface area (Å²) in [5.74, 6) is 1.31. The van der Waals surface area contributed by atoms with Gasteiger partial charge in [0.05, 0.1) is 13.7 Å². The van der Waals surface area contributed by atoms with Gasteiger partial charge in [0.25, 0.3) is 0 Å². The molecule has 0 aromatic heterocycles. The highest BCUT2D eigenvalue weighted by Crippen LogP contribution is 2.29. The van der Waals surface area contributed by atoms with Gasteiger partial charge >= 0.3 is 0 Å². The van der Waals surface area contributed by atoms with Crippen LogP contribution in [-0.4, -0.2) is 18.1 Å². The second-order valence-corrected chi connectivity index (χ2v) is 6.62. The van der Waals surface area contributed by atoms with Crippen LogP contribution in [-0.2, 0) is 11.3 Å². The van der Waals surface area contributed by atoms with Crippen LogP contribution in [0.2, 0.25) is 0 Å². The lowest BCUT2D eigenvalue weighted by Crippen LogP contribution is -2.36. The zero-order valence-corrected chi connectivity index (χ0v) is 14.6. The van der Waals surface area contributed by atoms with Crippen molar-refractivity contribution in [2.75, 3.05) is 12.0 Å². The van der Waals surface area contributed by atoms with Crippen LogP contribution in [0.4, 0.5) is 5.69 Å². The average molecular weight is 339 g/mol. The molecule has 4 nitrogen and oxygen atoms in total. The molecule has 0 unspecified atom stereocenters. The normalized spacial score (nSPS) is 14.9. The summed E-state index contributed by atoms with van der Waals surface area (Å²) in [6.07, 6.45) is 5.44. The fourth-order valence-electron chi connectivity index (χ4n) is 3.41. The second kappa shape index (κ2) is 8.06. The number of amides is 1. The number of rotatable bonds is 5. The number of nitrogens with zero attached hydrogens (tertiary/aromatic N) is 1. The summed E-state index contributed by atoms with van der Waals surface area (Å²) >= 11 is 0. The smallest absolute Gasteiger partial charge is 0.230 e. The monoisotopic (exact) mass is 339 g/mol. The molecule has 1 fully saturated rings. The van der Waals surface area contributed by atoms with Crippen molar-refractivity contribution in [1.82, 2.24) is 0 Å². The fourth-order valence-corrected chi connectivity index (χ4v) is 3.41. The van der Waals surface area contributed by atoms with E-state index in [1.807, 2.05) is 41.3 Å². The lowest BCUT2D eigenvalue weighted by atomic mass is 9.88. The molecule has 0 aliphatic heterocycles. The van der Waals surface area contributed by atoms with Crippen LogP contribution >= 0.6 is 0 Å². The summed E-state index contributed by atoms with van der Waals surface area (Å²) in [5, 5.41) is 9.48. The van der Waals surface area contributed by atoms with E-state index in [1.54, 1.807) is 19.2 Å². The first-order chi connectivity index (χ1) is 12.2. The molecule has 1 amide bonds. The Bertz CT molecular complexity index is 688. The molecular weight excluding hydrogens is 314 g/mol. The lowest BCUT2D eigenvalue weighted by molar-refractivity contribution is -0.123. The first kappa shape index (κ1) is 17.3. The van der Waals surface area contributed by atoms with Gasteiger partial charge in [0, 0.05) is 11.6 Å². The van der Waals surface area contributed by atoms with Gasteiger partial charge in [-0.05, 0) is 54.8 Å². The first-order valence-corrected chi connectivity index (χ1v) is 8.91. The largest absolute Gasteiger partial charge is 0.508 e. The minimum atomic E-state index is 0.105. The van der Waals surface area contributed by atoms with Gasteiger partial charge in [0.15, 0.2) is 0 Å². The number of benzene rings is 2. The number of phenols is 1. The van der Waals surface area contributed by atoms with Crippen LogP contribution in [0.5, 0.6) is 11.5 Å². The summed E-state index contributed by atoms with van der Waals surface area (Å²) in [5.41, 5.74) is 1.88. The van der Waals surface area contributed by atoms with Crippen molar-refractivity contribution in [2.45, 2.75) is 38.6 Å². The van der Waals surface area contributed by atoms with Crippen LogP contribution in [0.25, 0.3) is 0 Å². The second-order valence-electron chi connectivity index (χ2n) is 6.62. The van der Waals surface area contributed by atoms with Crippen molar-refractivity contribution in [3.8, 4) is 11.5 Å². The van der Waals surface area contributed by atoms with E-state index in [0.717, 1.165) is 42.7 Å². The van der Waals surface area contributed by atoms with Gasteiger partial charge in [-0.1, -0.05) is 31.4 Å². The predicted molar refractivity (Wildman–Crippen MR) is 98.9 cm³/mol. The molecule has 0 atom stereocenters. The molecule has 0 saturated heterocycles. The summed E-state index contributed by atoms with van der Waals surface area (Å²) in [6.45, 7) is 0.502. The van der Waals surface area contributed by atoms with Gasteiger partial charge in [-0.15, -0.1) is 0 Å². The number of hydrogen-bond donors (Lipinski definition) is 1. The molecule has 0 radical (unpaired) electrons. The highest BCUT2D eigenvalue weighted by molar-refractivity contribution is 5.95. The molecule has 2 aromatic rings. The maximum absolute atomic E-state index is 13.2. The Morgan fingerprint density at radius 3 is 2.28 bits per heavy atom. The van der Waals surface area contributed by atoms with E-state index in [-0.39, 0.29) is 17.6 Å². The quantitative estimate of drug-likeness (QED) is 0.871. The van der Waals surface area contributed by atoms with Crippen molar-refractivity contribution in [1.29, 1.82) is 0 Å². The van der Waals surface area contributed by atoms with Gasteiger partial charge in [-0.3, -0.25) is 4.79 Å². The molecule has 0 spiro atoms. The topological polar surface area (TPSA) is 49.8 Å².